The Morgan fingerprint density at radius 2 is 1.71 bits per heavy atom. The van der Waals surface area contributed by atoms with Gasteiger partial charge >= 0.3 is 0 Å². The lowest BCUT2D eigenvalue weighted by molar-refractivity contribution is -0.155. The highest BCUT2D eigenvalue weighted by Gasteiger charge is 2.53. The first-order chi connectivity index (χ1) is 16.5. The van der Waals surface area contributed by atoms with Crippen LogP contribution in [0, 0.1) is 11.8 Å². The van der Waals surface area contributed by atoms with Crippen molar-refractivity contribution in [2.45, 2.75) is 74.8 Å². The normalized spacial score (nSPS) is 29.0. The molecule has 1 aromatic rings. The minimum absolute atomic E-state index is 0.0650. The van der Waals surface area contributed by atoms with E-state index in [-0.39, 0.29) is 51.8 Å². The van der Waals surface area contributed by atoms with Crippen LogP contribution in [0.25, 0.3) is 0 Å². The molecule has 1 amide bonds. The van der Waals surface area contributed by atoms with Gasteiger partial charge in [0.25, 0.3) is 10.0 Å². The summed E-state index contributed by atoms with van der Waals surface area (Å²) in [6.07, 6.45) is 9.32. The van der Waals surface area contributed by atoms with Crippen molar-refractivity contribution in [1.82, 2.24) is 4.90 Å². The van der Waals surface area contributed by atoms with Crippen molar-refractivity contribution in [1.29, 1.82) is 0 Å². The molecule has 10 nitrogen and oxygen atoms in total. The second-order valence-corrected chi connectivity index (χ2v) is 13.3. The van der Waals surface area contributed by atoms with Crippen LogP contribution in [0.3, 0.4) is 0 Å². The van der Waals surface area contributed by atoms with E-state index < -0.39 is 26.0 Å². The number of amides is 1. The van der Waals surface area contributed by atoms with E-state index in [1.54, 1.807) is 0 Å². The number of ketones is 1. The Labute approximate surface area is 205 Å². The molecule has 35 heavy (non-hydrogen) atoms. The van der Waals surface area contributed by atoms with Crippen molar-refractivity contribution in [3.05, 3.63) is 18.2 Å². The number of hydrogen-bond donors (Lipinski definition) is 2. The van der Waals surface area contributed by atoms with Gasteiger partial charge in [-0.3, -0.25) is 14.3 Å². The summed E-state index contributed by atoms with van der Waals surface area (Å²) in [6, 6.07) is 3.95. The second kappa shape index (κ2) is 8.88. The summed E-state index contributed by atoms with van der Waals surface area (Å²) < 4.78 is 55.4. The highest BCUT2D eigenvalue weighted by Crippen LogP contribution is 2.41. The number of nitrogens with one attached hydrogen (secondary N) is 2. The fourth-order valence-electron chi connectivity index (χ4n) is 6.07. The third kappa shape index (κ3) is 4.57. The molecule has 2 aliphatic carbocycles. The van der Waals surface area contributed by atoms with Gasteiger partial charge in [0.1, 0.15) is 10.7 Å². The molecule has 2 heterocycles. The molecule has 0 spiro atoms. The maximum atomic E-state index is 13.8. The van der Waals surface area contributed by atoms with Gasteiger partial charge in [-0.25, -0.2) is 8.42 Å². The molecule has 4 aliphatic rings. The SMILES string of the molecule is CS(=O)(=O)Nc1ccc2c(c1)S(=O)(=O)N=C(C1C(=O)C3CCCCC3N(C3CCCCC3)C1=O)N2. The summed E-state index contributed by atoms with van der Waals surface area (Å²) >= 11 is 0. The lowest BCUT2D eigenvalue weighted by Gasteiger charge is -2.50. The molecule has 2 aliphatic heterocycles. The largest absolute Gasteiger partial charge is 0.341 e. The Kier molecular flexibility index (Phi) is 6.15. The lowest BCUT2D eigenvalue weighted by Crippen LogP contribution is -2.63. The number of carbonyl (C=O) groups excluding carboxylic acids is 2. The van der Waals surface area contributed by atoms with Crippen molar-refractivity contribution in [2.24, 2.45) is 16.2 Å². The number of carbonyl (C=O) groups is 2. The molecule has 190 valence electrons. The van der Waals surface area contributed by atoms with Crippen LogP contribution in [0.15, 0.2) is 27.5 Å². The van der Waals surface area contributed by atoms with Crippen LogP contribution in [0.1, 0.15) is 57.8 Å². The van der Waals surface area contributed by atoms with Gasteiger partial charge in [-0.05, 0) is 43.9 Å². The van der Waals surface area contributed by atoms with E-state index >= 15 is 0 Å². The van der Waals surface area contributed by atoms with E-state index in [9.17, 15) is 26.4 Å². The minimum atomic E-state index is -4.27. The van der Waals surface area contributed by atoms with Gasteiger partial charge in [0.05, 0.1) is 11.9 Å². The first-order valence-corrected chi connectivity index (χ1v) is 15.5. The van der Waals surface area contributed by atoms with E-state index in [0.29, 0.717) is 6.42 Å². The Bertz CT molecular complexity index is 1300. The maximum absolute atomic E-state index is 13.8. The zero-order valence-corrected chi connectivity index (χ0v) is 21.2. The smallest absolute Gasteiger partial charge is 0.286 e. The van der Waals surface area contributed by atoms with Crippen LogP contribution in [-0.4, -0.2) is 57.6 Å². The van der Waals surface area contributed by atoms with Crippen molar-refractivity contribution < 1.29 is 26.4 Å². The van der Waals surface area contributed by atoms with Crippen molar-refractivity contribution >= 4 is 48.9 Å². The van der Waals surface area contributed by atoms with E-state index in [0.717, 1.165) is 57.6 Å². The summed E-state index contributed by atoms with van der Waals surface area (Å²) in [5.41, 5.74) is 0.234. The van der Waals surface area contributed by atoms with Crippen molar-refractivity contribution in [3.8, 4) is 0 Å². The minimum Gasteiger partial charge on any atom is -0.341 e. The molecule has 1 aromatic carbocycles. The number of piperidine rings is 1. The number of Topliss-reactive ketones (excluding diaryl/α,β-unsaturated/α-hetero) is 1. The molecule has 2 N–H and O–H groups in total. The van der Waals surface area contributed by atoms with E-state index in [2.05, 4.69) is 14.4 Å². The summed E-state index contributed by atoms with van der Waals surface area (Å²) in [4.78, 5) is 29.1. The third-order valence-corrected chi connectivity index (χ3v) is 9.46. The Balaban J connectivity index is 1.51. The quantitative estimate of drug-likeness (QED) is 0.579. The molecule has 1 saturated heterocycles. The van der Waals surface area contributed by atoms with E-state index in [4.69, 9.17) is 0 Å². The maximum Gasteiger partial charge on any atom is 0.286 e. The predicted octanol–water partition coefficient (Wildman–Crippen LogP) is 2.49. The van der Waals surface area contributed by atoms with Gasteiger partial charge in [-0.1, -0.05) is 32.1 Å². The van der Waals surface area contributed by atoms with Gasteiger partial charge < -0.3 is 10.2 Å². The highest BCUT2D eigenvalue weighted by molar-refractivity contribution is 7.92. The molecule has 0 aromatic heterocycles. The molecular weight excluding hydrogens is 492 g/mol. The molecule has 0 radical (unpaired) electrons. The second-order valence-electron chi connectivity index (χ2n) is 9.99. The average molecular weight is 523 g/mol. The highest BCUT2D eigenvalue weighted by atomic mass is 32.2. The van der Waals surface area contributed by atoms with Gasteiger partial charge in [0.15, 0.2) is 11.7 Å². The fraction of sp³-hybridized carbons (Fsp3) is 0.609. The molecule has 3 unspecified atom stereocenters. The van der Waals surface area contributed by atoms with Crippen LogP contribution < -0.4 is 10.0 Å². The van der Waals surface area contributed by atoms with Crippen LogP contribution >= 0.6 is 0 Å². The number of hydrogen-bond acceptors (Lipinski definition) is 7. The number of anilines is 2. The fourth-order valence-corrected chi connectivity index (χ4v) is 7.80. The molecule has 12 heteroatoms. The third-order valence-electron chi connectivity index (χ3n) is 7.52. The molecule has 5 rings (SSSR count). The number of amidine groups is 1. The van der Waals surface area contributed by atoms with E-state index in [1.165, 1.54) is 18.2 Å². The van der Waals surface area contributed by atoms with Crippen LogP contribution in [-0.2, 0) is 29.6 Å². The first-order valence-electron chi connectivity index (χ1n) is 12.1. The molecule has 0 bridgehead atoms. The number of nitrogens with zero attached hydrogens (tertiary/aromatic N) is 2. The predicted molar refractivity (Wildman–Crippen MR) is 131 cm³/mol. The Morgan fingerprint density at radius 3 is 2.43 bits per heavy atom. The van der Waals surface area contributed by atoms with Gasteiger partial charge in [0, 0.05) is 23.7 Å². The molecule has 2 saturated carbocycles. The number of rotatable bonds is 4. The number of fused-ring (bicyclic) bond motifs is 2. The number of benzene rings is 1. The molecule has 3 atom stereocenters. The standard InChI is InChI=1S/C23H30N4O6S2/c1-34(30,31)25-14-11-12-17-19(13-14)35(32,33)26-22(24-17)20-21(28)16-9-5-6-10-18(16)27(23(20)29)15-7-3-2-4-8-15/h11-13,15-16,18,20,25H,2-10H2,1H3,(H,24,26). The first kappa shape index (κ1) is 24.2. The topological polar surface area (TPSA) is 142 Å². The van der Waals surface area contributed by atoms with Crippen LogP contribution in [0.4, 0.5) is 11.4 Å². The zero-order valence-electron chi connectivity index (χ0n) is 19.6. The van der Waals surface area contributed by atoms with E-state index in [1.807, 2.05) is 4.90 Å². The summed E-state index contributed by atoms with van der Waals surface area (Å²) in [5.74, 6) is -2.38. The summed E-state index contributed by atoms with van der Waals surface area (Å²) in [5, 5.41) is 2.92. The Hall–Kier alpha value is -2.47. The summed E-state index contributed by atoms with van der Waals surface area (Å²) in [6.45, 7) is 0. The average Bonchev–Trinajstić information content (AvgIpc) is 2.79. The lowest BCUT2D eigenvalue weighted by atomic mass is 9.72. The number of likely N-dealkylation sites (tertiary alicyclic amines) is 1. The summed E-state index contributed by atoms with van der Waals surface area (Å²) in [7, 11) is -7.88. The van der Waals surface area contributed by atoms with Crippen LogP contribution in [0.5, 0.6) is 0 Å². The van der Waals surface area contributed by atoms with Crippen LogP contribution in [0.2, 0.25) is 0 Å². The molecule has 3 fully saturated rings. The number of sulfonamides is 2. The zero-order chi connectivity index (χ0) is 25.0. The van der Waals surface area contributed by atoms with Crippen molar-refractivity contribution in [3.63, 3.8) is 0 Å². The molecular formula is C23H30N4O6S2. The van der Waals surface area contributed by atoms with Gasteiger partial charge in [-0.15, -0.1) is 4.40 Å². The van der Waals surface area contributed by atoms with Gasteiger partial charge in [0.2, 0.25) is 15.9 Å². The van der Waals surface area contributed by atoms with Gasteiger partial charge in [-0.2, -0.15) is 8.42 Å². The Morgan fingerprint density at radius 1 is 1.03 bits per heavy atom. The van der Waals surface area contributed by atoms with Crippen molar-refractivity contribution in [2.75, 3.05) is 16.3 Å². The monoisotopic (exact) mass is 522 g/mol.